The van der Waals surface area contributed by atoms with Crippen molar-refractivity contribution in [2.24, 2.45) is 35.5 Å². The molecule has 0 aromatic heterocycles. The lowest BCUT2D eigenvalue weighted by Crippen LogP contribution is -2.59. The van der Waals surface area contributed by atoms with Crippen molar-refractivity contribution in [3.05, 3.63) is 59.7 Å². The second-order valence-electron chi connectivity index (χ2n) is 16.7. The van der Waals surface area contributed by atoms with Gasteiger partial charge in [0.15, 0.2) is 0 Å². The Balaban J connectivity index is 0.916. The number of benzene rings is 2. The van der Waals surface area contributed by atoms with Crippen LogP contribution in [0.3, 0.4) is 0 Å². The van der Waals surface area contributed by atoms with Gasteiger partial charge in [0.05, 0.1) is 72.5 Å². The Labute approximate surface area is 295 Å². The molecule has 9 aliphatic rings. The summed E-state index contributed by atoms with van der Waals surface area (Å²) in [6.07, 6.45) is 6.02. The number of ether oxygens (including phenoxy) is 6. The Morgan fingerprint density at radius 3 is 1.14 bits per heavy atom. The van der Waals surface area contributed by atoms with E-state index in [1.165, 1.54) is 22.3 Å². The van der Waals surface area contributed by atoms with E-state index in [1.54, 1.807) is 0 Å². The van der Waals surface area contributed by atoms with Crippen molar-refractivity contribution in [1.29, 1.82) is 0 Å². The smallest absolute Gasteiger partial charge is 0.317 e. The van der Waals surface area contributed by atoms with Gasteiger partial charge in [-0.3, -0.25) is 19.2 Å². The van der Waals surface area contributed by atoms with Crippen LogP contribution < -0.4 is 0 Å². The van der Waals surface area contributed by atoms with Crippen LogP contribution in [0.4, 0.5) is 0 Å². The zero-order chi connectivity index (χ0) is 34.2. The molecule has 2 aromatic rings. The van der Waals surface area contributed by atoms with Crippen molar-refractivity contribution in [3.63, 3.8) is 0 Å². The van der Waals surface area contributed by atoms with E-state index in [9.17, 15) is 19.2 Å². The zero-order valence-corrected chi connectivity index (χ0v) is 28.4. The van der Waals surface area contributed by atoms with Gasteiger partial charge >= 0.3 is 23.9 Å². The summed E-state index contributed by atoms with van der Waals surface area (Å²) in [5.41, 5.74) is 5.07. The molecule has 0 amide bonds. The minimum atomic E-state index is -0.444. The van der Waals surface area contributed by atoms with Crippen molar-refractivity contribution in [3.8, 4) is 11.1 Å². The quantitative estimate of drug-likeness (QED) is 0.320. The molecule has 51 heavy (non-hydrogen) atoms. The molecule has 4 aliphatic heterocycles. The third-order valence-electron chi connectivity index (χ3n) is 14.5. The molecule has 10 nitrogen and oxygen atoms in total. The summed E-state index contributed by atoms with van der Waals surface area (Å²) in [4.78, 5) is 49.8. The summed E-state index contributed by atoms with van der Waals surface area (Å²) in [5, 5.41) is 0. The first-order chi connectivity index (χ1) is 24.9. The zero-order valence-electron chi connectivity index (χ0n) is 28.4. The maximum absolute atomic E-state index is 12.5. The highest BCUT2D eigenvalue weighted by molar-refractivity contribution is 5.97. The van der Waals surface area contributed by atoms with Crippen LogP contribution in [0.2, 0.25) is 0 Å². The Morgan fingerprint density at radius 2 is 0.745 bits per heavy atom. The minimum absolute atomic E-state index is 0.0526. The van der Waals surface area contributed by atoms with Crippen LogP contribution in [0.25, 0.3) is 11.1 Å². The fourth-order valence-corrected chi connectivity index (χ4v) is 12.4. The molecule has 8 fully saturated rings. The van der Waals surface area contributed by atoms with E-state index < -0.39 is 47.5 Å². The first-order valence-electron chi connectivity index (χ1n) is 19.2. The van der Waals surface area contributed by atoms with Gasteiger partial charge in [0.2, 0.25) is 0 Å². The molecular weight excluding hydrogens is 652 g/mol. The van der Waals surface area contributed by atoms with Gasteiger partial charge in [0, 0.05) is 5.41 Å². The molecule has 0 N–H and O–H groups in total. The Morgan fingerprint density at radius 1 is 0.412 bits per heavy atom. The molecule has 2 aromatic carbocycles. The number of fused-ring (bicyclic) bond motifs is 9. The van der Waals surface area contributed by atoms with Gasteiger partial charge < -0.3 is 28.4 Å². The molecule has 4 heterocycles. The first-order valence-corrected chi connectivity index (χ1v) is 19.2. The van der Waals surface area contributed by atoms with Crippen LogP contribution in [-0.4, -0.2) is 72.7 Å². The topological polar surface area (TPSA) is 124 Å². The molecule has 10 heteroatoms. The second-order valence-corrected chi connectivity index (χ2v) is 16.7. The van der Waals surface area contributed by atoms with E-state index in [-0.39, 0.29) is 66.1 Å². The van der Waals surface area contributed by atoms with Gasteiger partial charge in [0.25, 0.3) is 0 Å². The molecule has 14 unspecified atom stereocenters. The van der Waals surface area contributed by atoms with Gasteiger partial charge in [-0.2, -0.15) is 0 Å². The number of carbonyl (C=O) groups is 4. The average molecular weight is 695 g/mol. The number of carbonyl (C=O) groups excluding carboxylic acids is 4. The van der Waals surface area contributed by atoms with Crippen molar-refractivity contribution in [1.82, 2.24) is 0 Å². The molecule has 0 radical (unpaired) electrons. The molecule has 11 rings (SSSR count). The summed E-state index contributed by atoms with van der Waals surface area (Å²) >= 11 is 0. The molecule has 4 saturated heterocycles. The van der Waals surface area contributed by atoms with Crippen LogP contribution in [0.15, 0.2) is 48.5 Å². The number of hydrogen-bond donors (Lipinski definition) is 0. The van der Waals surface area contributed by atoms with Crippen LogP contribution in [0.1, 0.15) is 75.3 Å². The number of hydrogen-bond acceptors (Lipinski definition) is 10. The summed E-state index contributed by atoms with van der Waals surface area (Å²) in [5.74, 6) is -2.88. The van der Waals surface area contributed by atoms with Crippen molar-refractivity contribution in [2.45, 2.75) is 118 Å². The van der Waals surface area contributed by atoms with Gasteiger partial charge in [0.1, 0.15) is 0 Å². The third-order valence-corrected chi connectivity index (χ3v) is 14.5. The third kappa shape index (κ3) is 4.42. The standard InChI is InChI=1S/C41H42O10/c42-37-23-15-33-35(17-25(23)39(44)50-37)48-31-13-19(9-11-29(31)46-33)41(27-7-3-1-5-21(27)22-6-2-4-8-28(22)41)20-10-12-30-32(14-20)49-36-18-26-24(16-34(36)47-30)38(43)51-40(26)45/h1-8,19-20,23-26,29-36H,9-18H2. The van der Waals surface area contributed by atoms with E-state index in [0.717, 1.165) is 38.5 Å². The maximum atomic E-state index is 12.5. The van der Waals surface area contributed by atoms with E-state index in [1.807, 2.05) is 0 Å². The Bertz CT molecular complexity index is 1710. The highest BCUT2D eigenvalue weighted by Gasteiger charge is 2.61. The van der Waals surface area contributed by atoms with Gasteiger partial charge in [-0.25, -0.2) is 0 Å². The van der Waals surface area contributed by atoms with Crippen molar-refractivity contribution in [2.75, 3.05) is 0 Å². The maximum Gasteiger partial charge on any atom is 0.317 e. The Hall–Kier alpha value is -3.44. The van der Waals surface area contributed by atoms with Crippen LogP contribution >= 0.6 is 0 Å². The van der Waals surface area contributed by atoms with Crippen molar-refractivity contribution < 1.29 is 47.6 Å². The molecule has 266 valence electrons. The number of rotatable bonds is 2. The van der Waals surface area contributed by atoms with E-state index in [4.69, 9.17) is 28.4 Å². The monoisotopic (exact) mass is 694 g/mol. The summed E-state index contributed by atoms with van der Waals surface area (Å²) in [6, 6.07) is 17.8. The molecule has 14 atom stereocenters. The lowest BCUT2D eigenvalue weighted by Gasteiger charge is -2.56. The van der Waals surface area contributed by atoms with Gasteiger partial charge in [-0.1, -0.05) is 48.5 Å². The van der Waals surface area contributed by atoms with Gasteiger partial charge in [-0.15, -0.1) is 0 Å². The van der Waals surface area contributed by atoms with E-state index in [2.05, 4.69) is 48.5 Å². The fourth-order valence-electron chi connectivity index (χ4n) is 12.4. The Kier molecular flexibility index (Phi) is 6.88. The summed E-state index contributed by atoms with van der Waals surface area (Å²) < 4.78 is 37.4. The fraction of sp³-hybridized carbons (Fsp3) is 0.610. The molecular formula is C41H42O10. The molecule has 5 aliphatic carbocycles. The second kappa shape index (κ2) is 11.3. The average Bonchev–Trinajstić information content (AvgIpc) is 3.72. The number of esters is 4. The highest BCUT2D eigenvalue weighted by Crippen LogP contribution is 2.63. The predicted octanol–water partition coefficient (Wildman–Crippen LogP) is 4.81. The largest absolute Gasteiger partial charge is 0.393 e. The lowest BCUT2D eigenvalue weighted by atomic mass is 9.53. The number of cyclic esters (lactones) is 4. The van der Waals surface area contributed by atoms with Crippen LogP contribution in [0.5, 0.6) is 0 Å². The van der Waals surface area contributed by atoms with Crippen LogP contribution in [0, 0.1) is 35.5 Å². The first kappa shape index (κ1) is 31.1. The predicted molar refractivity (Wildman–Crippen MR) is 177 cm³/mol. The highest BCUT2D eigenvalue weighted by atomic mass is 16.6. The van der Waals surface area contributed by atoms with Crippen LogP contribution in [-0.2, 0) is 53.0 Å². The summed E-state index contributed by atoms with van der Waals surface area (Å²) in [7, 11) is 0. The SMILES string of the molecule is O=C1OC(=O)C2CC3OC4CC(C5(C6CCC7OC8CC9C(=O)OC(=O)C9CC8OC7C6)c6ccccc6-c6ccccc65)CCC4OC3CC12. The van der Waals surface area contributed by atoms with E-state index in [0.29, 0.717) is 25.7 Å². The molecule has 4 saturated carbocycles. The molecule has 0 bridgehead atoms. The summed E-state index contributed by atoms with van der Waals surface area (Å²) in [6.45, 7) is 0. The normalized spacial score (nSPS) is 44.4. The van der Waals surface area contributed by atoms with Crippen molar-refractivity contribution >= 4 is 23.9 Å². The lowest BCUT2D eigenvalue weighted by molar-refractivity contribution is -0.258. The van der Waals surface area contributed by atoms with E-state index >= 15 is 0 Å². The molecule has 0 spiro atoms. The minimum Gasteiger partial charge on any atom is -0.393 e. The van der Waals surface area contributed by atoms with Gasteiger partial charge in [-0.05, 0) is 98.3 Å².